The van der Waals surface area contributed by atoms with Gasteiger partial charge in [0.2, 0.25) is 11.9 Å². The van der Waals surface area contributed by atoms with Crippen molar-refractivity contribution in [2.45, 2.75) is 105 Å². The molecule has 0 saturated heterocycles. The number of rotatable bonds is 8. The first kappa shape index (κ1) is 41.9. The van der Waals surface area contributed by atoms with Crippen molar-refractivity contribution in [1.82, 2.24) is 26.2 Å². The van der Waals surface area contributed by atoms with Gasteiger partial charge in [-0.1, -0.05) is 0 Å². The molecular formula is C29H53N7O10. The maximum absolute atomic E-state index is 12.4. The molecular weight excluding hydrogens is 606 g/mol. The van der Waals surface area contributed by atoms with Gasteiger partial charge in [0.05, 0.1) is 26.7 Å². The number of carbonyl (C=O) groups is 5. The number of hydrogen-bond donors (Lipinski definition) is 4. The van der Waals surface area contributed by atoms with Crippen LogP contribution in [0, 0.1) is 0 Å². The van der Waals surface area contributed by atoms with E-state index in [4.69, 9.17) is 23.7 Å². The Hall–Kier alpha value is -4.15. The summed E-state index contributed by atoms with van der Waals surface area (Å²) in [5, 5.41) is 9.53. The van der Waals surface area contributed by atoms with Crippen molar-refractivity contribution >= 4 is 42.3 Å². The fraction of sp³-hybridized carbons (Fsp3) is 0.759. The zero-order valence-electron chi connectivity index (χ0n) is 29.5. The molecule has 0 aliphatic carbocycles. The van der Waals surface area contributed by atoms with Crippen LogP contribution in [0.3, 0.4) is 0 Å². The van der Waals surface area contributed by atoms with E-state index in [0.29, 0.717) is 0 Å². The second kappa shape index (κ2) is 18.1. The lowest BCUT2D eigenvalue weighted by Crippen LogP contribution is -2.47. The molecule has 0 atom stereocenters. The number of aliphatic imine (C=N–C) groups is 2. The number of guanidine groups is 2. The Balaban J connectivity index is 5.86. The SMILES string of the molecule is COC(=O)CN(CCN=C(NC(=O)OC(C)(C)C)NC(=O)OC(C)(C)C)CCN=C(NC(=O)OC(C)(C)C)NC(=O)OC(C)(C)C. The zero-order chi connectivity index (χ0) is 35.9. The summed E-state index contributed by atoms with van der Waals surface area (Å²) in [7, 11) is 1.23. The lowest BCUT2D eigenvalue weighted by Gasteiger charge is -2.23. The summed E-state index contributed by atoms with van der Waals surface area (Å²) in [5.41, 5.74) is -3.24. The molecule has 0 aromatic rings. The fourth-order valence-corrected chi connectivity index (χ4v) is 2.95. The Bertz CT molecular complexity index is 969. The van der Waals surface area contributed by atoms with Crippen LogP contribution in [0.25, 0.3) is 0 Å². The van der Waals surface area contributed by atoms with Crippen LogP contribution in [0.15, 0.2) is 9.98 Å². The van der Waals surface area contributed by atoms with Crippen LogP contribution in [0.1, 0.15) is 83.1 Å². The highest BCUT2D eigenvalue weighted by molar-refractivity contribution is 6.02. The molecule has 0 saturated carbocycles. The first-order chi connectivity index (χ1) is 20.8. The third kappa shape index (κ3) is 24.2. The Labute approximate surface area is 271 Å². The number of nitrogens with zero attached hydrogens (tertiary/aromatic N) is 3. The van der Waals surface area contributed by atoms with E-state index in [1.54, 1.807) is 88.0 Å². The Kier molecular flexibility index (Phi) is 16.5. The summed E-state index contributed by atoms with van der Waals surface area (Å²) < 4.78 is 25.8. The molecule has 17 heteroatoms. The molecule has 17 nitrogen and oxygen atoms in total. The van der Waals surface area contributed by atoms with Gasteiger partial charge < -0.3 is 23.7 Å². The molecule has 0 aromatic heterocycles. The second-order valence-corrected chi connectivity index (χ2v) is 13.8. The van der Waals surface area contributed by atoms with Gasteiger partial charge in [-0.25, -0.2) is 19.2 Å². The minimum Gasteiger partial charge on any atom is -0.468 e. The summed E-state index contributed by atoms with van der Waals surface area (Å²) in [4.78, 5) is 71.6. The highest BCUT2D eigenvalue weighted by Crippen LogP contribution is 2.09. The molecule has 4 amide bonds. The quantitative estimate of drug-likeness (QED) is 0.129. The molecule has 0 bridgehead atoms. The van der Waals surface area contributed by atoms with Gasteiger partial charge in [0, 0.05) is 13.1 Å². The number of alkyl carbamates (subject to hydrolysis) is 4. The van der Waals surface area contributed by atoms with Gasteiger partial charge in [-0.2, -0.15) is 0 Å². The van der Waals surface area contributed by atoms with E-state index in [1.807, 2.05) is 0 Å². The molecule has 0 aliphatic rings. The van der Waals surface area contributed by atoms with E-state index in [2.05, 4.69) is 31.3 Å². The van der Waals surface area contributed by atoms with Gasteiger partial charge in [0.25, 0.3) is 0 Å². The van der Waals surface area contributed by atoms with E-state index in [-0.39, 0.29) is 44.6 Å². The van der Waals surface area contributed by atoms with Crippen molar-refractivity contribution in [3.05, 3.63) is 0 Å². The highest BCUT2D eigenvalue weighted by atomic mass is 16.6. The zero-order valence-corrected chi connectivity index (χ0v) is 29.5. The molecule has 0 rings (SSSR count). The molecule has 0 radical (unpaired) electrons. The van der Waals surface area contributed by atoms with Gasteiger partial charge in [0.15, 0.2) is 0 Å². The van der Waals surface area contributed by atoms with Crippen LogP contribution in [0.5, 0.6) is 0 Å². The number of carbonyl (C=O) groups excluding carboxylic acids is 5. The van der Waals surface area contributed by atoms with Crippen LogP contribution in [0.4, 0.5) is 19.2 Å². The molecule has 4 N–H and O–H groups in total. The van der Waals surface area contributed by atoms with Gasteiger partial charge >= 0.3 is 30.3 Å². The van der Waals surface area contributed by atoms with Crippen molar-refractivity contribution in [3.63, 3.8) is 0 Å². The third-order valence-electron chi connectivity index (χ3n) is 4.43. The predicted octanol–water partition coefficient (Wildman–Crippen LogP) is 3.27. The maximum atomic E-state index is 12.4. The van der Waals surface area contributed by atoms with E-state index in [1.165, 1.54) is 7.11 Å². The molecule has 0 unspecified atom stereocenters. The number of nitrogens with one attached hydrogen (secondary N) is 4. The van der Waals surface area contributed by atoms with Crippen LogP contribution in [0.2, 0.25) is 0 Å². The molecule has 0 aromatic carbocycles. The first-order valence-corrected chi connectivity index (χ1v) is 14.6. The van der Waals surface area contributed by atoms with E-state index < -0.39 is 52.7 Å². The largest absolute Gasteiger partial charge is 0.468 e. The summed E-state index contributed by atoms with van der Waals surface area (Å²) in [6.45, 7) is 20.2. The number of amides is 4. The topological polar surface area (TPSA) is 208 Å². The van der Waals surface area contributed by atoms with Crippen LogP contribution in [-0.2, 0) is 28.5 Å². The highest BCUT2D eigenvalue weighted by Gasteiger charge is 2.23. The van der Waals surface area contributed by atoms with Crippen LogP contribution in [-0.4, -0.2) is 109 Å². The number of methoxy groups -OCH3 is 1. The van der Waals surface area contributed by atoms with Crippen molar-refractivity contribution in [2.24, 2.45) is 9.98 Å². The average molecular weight is 660 g/mol. The molecule has 46 heavy (non-hydrogen) atoms. The molecule has 264 valence electrons. The number of ether oxygens (including phenoxy) is 5. The maximum Gasteiger partial charge on any atom is 0.414 e. The summed E-state index contributed by atoms with van der Waals surface area (Å²) in [5.74, 6) is -1.01. The van der Waals surface area contributed by atoms with Crippen LogP contribution < -0.4 is 21.3 Å². The molecule has 0 spiro atoms. The lowest BCUT2D eigenvalue weighted by atomic mass is 10.2. The van der Waals surface area contributed by atoms with Crippen LogP contribution >= 0.6 is 0 Å². The molecule has 0 heterocycles. The predicted molar refractivity (Wildman–Crippen MR) is 171 cm³/mol. The van der Waals surface area contributed by atoms with Gasteiger partial charge in [-0.05, 0) is 83.1 Å². The van der Waals surface area contributed by atoms with E-state index in [0.717, 1.165) is 0 Å². The van der Waals surface area contributed by atoms with Gasteiger partial charge in [-0.15, -0.1) is 0 Å². The van der Waals surface area contributed by atoms with E-state index in [9.17, 15) is 24.0 Å². The minimum atomic E-state index is -0.856. The first-order valence-electron chi connectivity index (χ1n) is 14.6. The lowest BCUT2D eigenvalue weighted by molar-refractivity contribution is -0.141. The van der Waals surface area contributed by atoms with Crippen molar-refractivity contribution < 1.29 is 47.7 Å². The normalized spacial score (nSPS) is 11.8. The third-order valence-corrected chi connectivity index (χ3v) is 4.43. The number of esters is 1. The van der Waals surface area contributed by atoms with Gasteiger partial charge in [0.1, 0.15) is 22.4 Å². The Morgan fingerprint density at radius 3 is 1.00 bits per heavy atom. The van der Waals surface area contributed by atoms with Crippen molar-refractivity contribution in [1.29, 1.82) is 0 Å². The van der Waals surface area contributed by atoms with Crippen molar-refractivity contribution in [2.75, 3.05) is 39.8 Å². The minimum absolute atomic E-state index is 0.0131. The smallest absolute Gasteiger partial charge is 0.414 e. The Morgan fingerprint density at radius 2 is 0.783 bits per heavy atom. The summed E-state index contributed by atoms with van der Waals surface area (Å²) >= 11 is 0. The second-order valence-electron chi connectivity index (χ2n) is 13.8. The standard InChI is InChI=1S/C29H53N7O10/c1-26(2,3)43-22(38)32-20(33-23(39)44-27(4,5)6)30-14-16-36(18-19(37)42-13)17-15-31-21(34-24(40)45-28(7,8)9)35-25(41)46-29(10,11)12/h14-18H2,1-13H3,(H2,30,32,33,38,39)(H2,31,34,35,40,41). The summed E-state index contributed by atoms with van der Waals surface area (Å²) in [6.07, 6.45) is -3.42. The average Bonchev–Trinajstić information content (AvgIpc) is 2.78. The monoisotopic (exact) mass is 659 g/mol. The number of hydrogen-bond acceptors (Lipinski definition) is 13. The fourth-order valence-electron chi connectivity index (χ4n) is 2.95. The van der Waals surface area contributed by atoms with Crippen molar-refractivity contribution in [3.8, 4) is 0 Å². The molecule has 0 fully saturated rings. The summed E-state index contributed by atoms with van der Waals surface area (Å²) in [6, 6.07) is 0. The molecule has 0 aliphatic heterocycles. The Morgan fingerprint density at radius 1 is 0.522 bits per heavy atom. The van der Waals surface area contributed by atoms with E-state index >= 15 is 0 Å². The van der Waals surface area contributed by atoms with Gasteiger partial charge in [-0.3, -0.25) is 40.9 Å².